The second-order valence-corrected chi connectivity index (χ2v) is 6.02. The summed E-state index contributed by atoms with van der Waals surface area (Å²) in [7, 11) is 0. The zero-order valence-electron chi connectivity index (χ0n) is 15.1. The monoisotopic (exact) mass is 363 g/mol. The van der Waals surface area contributed by atoms with Gasteiger partial charge in [0.05, 0.1) is 12.1 Å². The molecule has 138 valence electrons. The molecule has 2 N–H and O–H groups in total. The van der Waals surface area contributed by atoms with Gasteiger partial charge in [0, 0.05) is 10.9 Å². The lowest BCUT2D eigenvalue weighted by molar-refractivity contribution is 0.0844. The van der Waals surface area contributed by atoms with E-state index in [0.29, 0.717) is 17.9 Å². The van der Waals surface area contributed by atoms with Crippen molar-refractivity contribution in [3.63, 3.8) is 0 Å². The fourth-order valence-corrected chi connectivity index (χ4v) is 2.48. The van der Waals surface area contributed by atoms with E-state index in [1.807, 2.05) is 30.3 Å². The first-order chi connectivity index (χ1) is 13.2. The number of carbonyl (C=O) groups excluding carboxylic acids is 2. The predicted octanol–water partition coefficient (Wildman–Crippen LogP) is 3.49. The average Bonchev–Trinajstić information content (AvgIpc) is 2.72. The highest BCUT2D eigenvalue weighted by Crippen LogP contribution is 2.13. The Labute approximate surface area is 157 Å². The lowest BCUT2D eigenvalue weighted by Gasteiger charge is -2.09. The molecule has 0 radical (unpaired) electrons. The van der Waals surface area contributed by atoms with Gasteiger partial charge in [-0.1, -0.05) is 37.6 Å². The van der Waals surface area contributed by atoms with Crippen molar-refractivity contribution in [2.45, 2.75) is 19.8 Å². The zero-order valence-corrected chi connectivity index (χ0v) is 15.1. The van der Waals surface area contributed by atoms with Crippen molar-refractivity contribution in [2.75, 3.05) is 6.61 Å². The second kappa shape index (κ2) is 8.80. The number of aromatic nitrogens is 1. The molecule has 0 aliphatic rings. The number of hydrogen-bond acceptors (Lipinski definition) is 4. The number of rotatable bonds is 6. The molecule has 3 rings (SSSR count). The molecule has 6 nitrogen and oxygen atoms in total. The molecular formula is C21H21N3O3. The van der Waals surface area contributed by atoms with Gasteiger partial charge in [-0.15, -0.1) is 0 Å². The second-order valence-electron chi connectivity index (χ2n) is 6.02. The molecule has 0 spiro atoms. The molecule has 0 fully saturated rings. The van der Waals surface area contributed by atoms with Gasteiger partial charge in [-0.05, 0) is 42.8 Å². The van der Waals surface area contributed by atoms with Crippen LogP contribution in [0.1, 0.15) is 40.6 Å². The van der Waals surface area contributed by atoms with Gasteiger partial charge in [0.2, 0.25) is 0 Å². The molecule has 0 aliphatic heterocycles. The minimum atomic E-state index is -0.478. The third-order valence-corrected chi connectivity index (χ3v) is 4.00. The van der Waals surface area contributed by atoms with Gasteiger partial charge < -0.3 is 4.74 Å². The van der Waals surface area contributed by atoms with Crippen molar-refractivity contribution in [2.24, 2.45) is 0 Å². The van der Waals surface area contributed by atoms with Crippen LogP contribution in [0.5, 0.6) is 5.75 Å². The van der Waals surface area contributed by atoms with Crippen molar-refractivity contribution in [3.8, 4) is 5.75 Å². The van der Waals surface area contributed by atoms with Crippen LogP contribution in [-0.4, -0.2) is 23.4 Å². The molecule has 0 saturated heterocycles. The Bertz CT molecular complexity index is 939. The van der Waals surface area contributed by atoms with Crippen LogP contribution in [0.4, 0.5) is 0 Å². The maximum absolute atomic E-state index is 12.2. The minimum absolute atomic E-state index is 0.230. The largest absolute Gasteiger partial charge is 0.494 e. The number of unbranched alkanes of at least 4 members (excludes halogenated alkanes) is 1. The molecular weight excluding hydrogens is 342 g/mol. The van der Waals surface area contributed by atoms with Gasteiger partial charge >= 0.3 is 0 Å². The van der Waals surface area contributed by atoms with Crippen molar-refractivity contribution in [1.29, 1.82) is 0 Å². The Morgan fingerprint density at radius 3 is 2.44 bits per heavy atom. The average molecular weight is 363 g/mol. The summed E-state index contributed by atoms with van der Waals surface area (Å²) < 4.78 is 5.56. The summed E-state index contributed by atoms with van der Waals surface area (Å²) in [4.78, 5) is 28.7. The van der Waals surface area contributed by atoms with E-state index in [-0.39, 0.29) is 5.69 Å². The van der Waals surface area contributed by atoms with E-state index in [0.717, 1.165) is 23.7 Å². The van der Waals surface area contributed by atoms with E-state index in [4.69, 9.17) is 4.74 Å². The number of pyridine rings is 1. The van der Waals surface area contributed by atoms with Crippen molar-refractivity contribution >= 4 is 22.7 Å². The van der Waals surface area contributed by atoms with Gasteiger partial charge in [-0.3, -0.25) is 20.4 Å². The van der Waals surface area contributed by atoms with Crippen molar-refractivity contribution in [3.05, 3.63) is 71.9 Å². The summed E-state index contributed by atoms with van der Waals surface area (Å²) >= 11 is 0. The summed E-state index contributed by atoms with van der Waals surface area (Å²) in [5.41, 5.74) is 6.15. The van der Waals surface area contributed by atoms with Crippen LogP contribution in [0, 0.1) is 0 Å². The maximum Gasteiger partial charge on any atom is 0.288 e. The normalized spacial score (nSPS) is 10.4. The SMILES string of the molecule is CCCCOc1ccc(C(=O)NNC(=O)c2ccc3ccccc3n2)cc1. The number of hydrazine groups is 1. The molecule has 2 aromatic carbocycles. The molecule has 3 aromatic rings. The number of ether oxygens (including phenoxy) is 1. The van der Waals surface area contributed by atoms with Gasteiger partial charge in [0.1, 0.15) is 11.4 Å². The molecule has 0 bridgehead atoms. The zero-order chi connectivity index (χ0) is 19.1. The standard InChI is InChI=1S/C21H21N3O3/c1-2-3-14-27-17-11-8-16(9-12-17)20(25)23-24-21(26)19-13-10-15-6-4-5-7-18(15)22-19/h4-13H,2-3,14H2,1H3,(H,23,25)(H,24,26). The van der Waals surface area contributed by atoms with Crippen molar-refractivity contribution in [1.82, 2.24) is 15.8 Å². The third kappa shape index (κ3) is 4.82. The first-order valence-corrected chi connectivity index (χ1v) is 8.86. The van der Waals surface area contributed by atoms with Gasteiger partial charge in [0.15, 0.2) is 0 Å². The first kappa shape index (κ1) is 18.4. The quantitative estimate of drug-likeness (QED) is 0.519. The van der Waals surface area contributed by atoms with Crippen LogP contribution in [0.25, 0.3) is 10.9 Å². The van der Waals surface area contributed by atoms with Gasteiger partial charge in [0.25, 0.3) is 11.8 Å². The summed E-state index contributed by atoms with van der Waals surface area (Å²) in [6.45, 7) is 2.75. The van der Waals surface area contributed by atoms with Crippen LogP contribution < -0.4 is 15.6 Å². The van der Waals surface area contributed by atoms with E-state index in [1.165, 1.54) is 0 Å². The number of amides is 2. The molecule has 0 saturated carbocycles. The summed E-state index contributed by atoms with van der Waals surface area (Å²) in [6, 6.07) is 17.7. The number of nitrogens with one attached hydrogen (secondary N) is 2. The van der Waals surface area contributed by atoms with Gasteiger partial charge in [-0.25, -0.2) is 4.98 Å². The van der Waals surface area contributed by atoms with Crippen molar-refractivity contribution < 1.29 is 14.3 Å². The molecule has 27 heavy (non-hydrogen) atoms. The van der Waals surface area contributed by atoms with E-state index >= 15 is 0 Å². The Morgan fingerprint density at radius 1 is 0.926 bits per heavy atom. The van der Waals surface area contributed by atoms with Crippen LogP contribution in [0.2, 0.25) is 0 Å². The van der Waals surface area contributed by atoms with E-state index in [9.17, 15) is 9.59 Å². The Kier molecular flexibility index (Phi) is 5.99. The molecule has 6 heteroatoms. The summed E-state index contributed by atoms with van der Waals surface area (Å²) in [5, 5.41) is 0.944. The molecule has 1 heterocycles. The number of para-hydroxylation sites is 1. The first-order valence-electron chi connectivity index (χ1n) is 8.86. The Morgan fingerprint density at radius 2 is 1.67 bits per heavy atom. The number of benzene rings is 2. The third-order valence-electron chi connectivity index (χ3n) is 4.00. The van der Waals surface area contributed by atoms with Crippen LogP contribution >= 0.6 is 0 Å². The van der Waals surface area contributed by atoms with Gasteiger partial charge in [-0.2, -0.15) is 0 Å². The molecule has 0 unspecified atom stereocenters. The van der Waals surface area contributed by atoms with Crippen LogP contribution in [-0.2, 0) is 0 Å². The van der Waals surface area contributed by atoms with Crippen LogP contribution in [0.3, 0.4) is 0 Å². The summed E-state index contributed by atoms with van der Waals surface area (Å²) in [5.74, 6) is -0.178. The number of hydrogen-bond donors (Lipinski definition) is 2. The maximum atomic E-state index is 12.2. The number of fused-ring (bicyclic) bond motifs is 1. The predicted molar refractivity (Wildman–Crippen MR) is 104 cm³/mol. The summed E-state index contributed by atoms with van der Waals surface area (Å²) in [6.07, 6.45) is 2.04. The molecule has 0 atom stereocenters. The van der Waals surface area contributed by atoms with Crippen LogP contribution in [0.15, 0.2) is 60.7 Å². The van der Waals surface area contributed by atoms with E-state index in [2.05, 4.69) is 22.8 Å². The van der Waals surface area contributed by atoms with E-state index < -0.39 is 11.8 Å². The Balaban J connectivity index is 1.56. The lowest BCUT2D eigenvalue weighted by Crippen LogP contribution is -2.41. The minimum Gasteiger partial charge on any atom is -0.494 e. The highest BCUT2D eigenvalue weighted by Gasteiger charge is 2.11. The molecule has 2 amide bonds. The Hall–Kier alpha value is -3.41. The number of carbonyl (C=O) groups is 2. The fourth-order valence-electron chi connectivity index (χ4n) is 2.48. The highest BCUT2D eigenvalue weighted by molar-refractivity contribution is 5.99. The van der Waals surface area contributed by atoms with E-state index in [1.54, 1.807) is 30.3 Å². The topological polar surface area (TPSA) is 80.3 Å². The molecule has 1 aromatic heterocycles. The smallest absolute Gasteiger partial charge is 0.288 e. The number of nitrogens with zero attached hydrogens (tertiary/aromatic N) is 1. The lowest BCUT2D eigenvalue weighted by atomic mass is 10.2. The molecule has 0 aliphatic carbocycles. The highest BCUT2D eigenvalue weighted by atomic mass is 16.5. The fraction of sp³-hybridized carbons (Fsp3) is 0.190.